The highest BCUT2D eigenvalue weighted by molar-refractivity contribution is 7.31. The topological polar surface area (TPSA) is 175 Å². The number of aromatic nitrogens is 4. The molecule has 1 unspecified atom stereocenters. The fourth-order valence-electron chi connectivity index (χ4n) is 8.84. The number of benzene rings is 3. The standard InChI is InChI=1S/C49H50N8O6S2/c1-28(2)42(54-48(60)62-3)46(58)56-22-8-12-36(56)44-50-26-34(52-44)29-14-18-31(19-15-29)38-24-40-41(64-38)25-39(65-40)32-20-16-30(17-21-32)35-27-51-45(53-35)37-13-9-23-57(37)47(59)43(55-49(61)63-4)33-10-6-5-7-11-33/h5-7,10-11,14-21,24-28,36-37,42-43H,8-9,12-13,22-23H2,1-4H3,(H,50,52)(H,51,53)(H,54,60)(H,55,61)/t36-,37?,42-,43+/m0/s1. The van der Waals surface area contributed by atoms with Crippen LogP contribution in [0.25, 0.3) is 52.8 Å². The van der Waals surface area contributed by atoms with Gasteiger partial charge in [0.05, 0.1) is 50.1 Å². The number of aromatic amines is 2. The van der Waals surface area contributed by atoms with Crippen molar-refractivity contribution in [2.75, 3.05) is 27.3 Å². The van der Waals surface area contributed by atoms with Crippen LogP contribution in [0, 0.1) is 5.92 Å². The van der Waals surface area contributed by atoms with Gasteiger partial charge >= 0.3 is 12.2 Å². The number of amides is 4. The van der Waals surface area contributed by atoms with Crippen molar-refractivity contribution in [2.45, 2.75) is 63.7 Å². The number of carbonyl (C=O) groups is 4. The van der Waals surface area contributed by atoms with E-state index in [9.17, 15) is 19.2 Å². The highest BCUT2D eigenvalue weighted by Gasteiger charge is 2.39. The first-order valence-electron chi connectivity index (χ1n) is 21.8. The summed E-state index contributed by atoms with van der Waals surface area (Å²) in [4.78, 5) is 74.1. The highest BCUT2D eigenvalue weighted by atomic mass is 32.1. The third-order valence-electron chi connectivity index (χ3n) is 12.3. The summed E-state index contributed by atoms with van der Waals surface area (Å²) in [5, 5.41) is 5.43. The smallest absolute Gasteiger partial charge is 0.407 e. The van der Waals surface area contributed by atoms with Gasteiger partial charge in [-0.2, -0.15) is 0 Å². The number of likely N-dealkylation sites (tertiary alicyclic amines) is 2. The fourth-order valence-corrected chi connectivity index (χ4v) is 11.2. The van der Waals surface area contributed by atoms with E-state index in [0.717, 1.165) is 65.1 Å². The van der Waals surface area contributed by atoms with Gasteiger partial charge in [0.2, 0.25) is 5.91 Å². The number of nitrogens with zero attached hydrogens (tertiary/aromatic N) is 4. The molecule has 2 fully saturated rings. The maximum Gasteiger partial charge on any atom is 0.407 e. The normalized spacial score (nSPS) is 17.1. The SMILES string of the molecule is COC(=O)N[C@H](C(=O)N1CCC[C@H]1c1ncc(-c2ccc(-c3cc4sc(-c5ccc(-c6cnc(C7CCCN7C(=O)[C@H](NC(=O)OC)c7ccccc7)[nH]6)cc5)cc4s3)cc2)[nH]1)C(C)C. The summed E-state index contributed by atoms with van der Waals surface area (Å²) in [7, 11) is 2.58. The molecule has 4 N–H and O–H groups in total. The molecule has 14 nitrogen and oxygen atoms in total. The highest BCUT2D eigenvalue weighted by Crippen LogP contribution is 2.43. The van der Waals surface area contributed by atoms with Crippen LogP contribution < -0.4 is 10.6 Å². The van der Waals surface area contributed by atoms with Gasteiger partial charge in [-0.3, -0.25) is 9.59 Å². The first-order valence-corrected chi connectivity index (χ1v) is 23.4. The van der Waals surface area contributed by atoms with Gasteiger partial charge in [-0.15, -0.1) is 22.7 Å². The lowest BCUT2D eigenvalue weighted by Gasteiger charge is -2.30. The molecule has 4 atom stereocenters. The molecule has 65 heavy (non-hydrogen) atoms. The van der Waals surface area contributed by atoms with Gasteiger partial charge in [0.1, 0.15) is 23.7 Å². The number of hydrogen-bond donors (Lipinski definition) is 4. The van der Waals surface area contributed by atoms with Gasteiger partial charge in [-0.25, -0.2) is 19.6 Å². The molecule has 2 aliphatic heterocycles. The van der Waals surface area contributed by atoms with Crippen LogP contribution in [-0.2, 0) is 19.1 Å². The number of thiophene rings is 2. The van der Waals surface area contributed by atoms with E-state index in [2.05, 4.69) is 81.3 Å². The van der Waals surface area contributed by atoms with Gasteiger partial charge < -0.3 is 39.9 Å². The van der Waals surface area contributed by atoms with Gasteiger partial charge in [-0.1, -0.05) is 92.7 Å². The number of rotatable bonds is 12. The Kier molecular flexibility index (Phi) is 12.5. The second-order valence-corrected chi connectivity index (χ2v) is 18.9. The van der Waals surface area contributed by atoms with E-state index in [0.29, 0.717) is 24.5 Å². The number of nitrogens with one attached hydrogen (secondary N) is 4. The molecular formula is C49H50N8O6S2. The lowest BCUT2D eigenvalue weighted by Crippen LogP contribution is -2.51. The Bertz CT molecular complexity index is 2780. The quantitative estimate of drug-likeness (QED) is 0.0937. The van der Waals surface area contributed by atoms with Crippen LogP contribution >= 0.6 is 22.7 Å². The number of hydrogen-bond acceptors (Lipinski definition) is 10. The van der Waals surface area contributed by atoms with E-state index in [4.69, 9.17) is 19.4 Å². The Hall–Kier alpha value is -6.78. The average molecular weight is 911 g/mol. The van der Waals surface area contributed by atoms with Crippen LogP contribution in [0.5, 0.6) is 0 Å². The van der Waals surface area contributed by atoms with Crippen molar-refractivity contribution in [3.05, 3.63) is 121 Å². The number of alkyl carbamates (subject to hydrolysis) is 2. The minimum absolute atomic E-state index is 0.101. The predicted molar refractivity (Wildman–Crippen MR) is 252 cm³/mol. The summed E-state index contributed by atoms with van der Waals surface area (Å²) in [5.74, 6) is 1.02. The van der Waals surface area contributed by atoms with E-state index in [1.807, 2.05) is 61.5 Å². The fraction of sp³-hybridized carbons (Fsp3) is 0.306. The van der Waals surface area contributed by atoms with Crippen LogP contribution in [0.3, 0.4) is 0 Å². The van der Waals surface area contributed by atoms with E-state index < -0.39 is 24.3 Å². The predicted octanol–water partition coefficient (Wildman–Crippen LogP) is 9.88. The monoisotopic (exact) mass is 910 g/mol. The van der Waals surface area contributed by atoms with E-state index in [1.54, 1.807) is 27.6 Å². The van der Waals surface area contributed by atoms with E-state index >= 15 is 0 Å². The molecule has 0 bridgehead atoms. The van der Waals surface area contributed by atoms with Crippen LogP contribution in [0.4, 0.5) is 9.59 Å². The van der Waals surface area contributed by atoms with Crippen molar-refractivity contribution in [1.29, 1.82) is 0 Å². The van der Waals surface area contributed by atoms with Gasteiger partial charge in [0, 0.05) is 32.2 Å². The number of fused-ring (bicyclic) bond motifs is 1. The molecule has 0 saturated carbocycles. The Balaban J connectivity index is 0.843. The molecule has 0 aliphatic carbocycles. The third kappa shape index (κ3) is 9.00. The molecule has 334 valence electrons. The second-order valence-electron chi connectivity index (χ2n) is 16.7. The molecular weight excluding hydrogens is 861 g/mol. The number of carbonyl (C=O) groups excluding carboxylic acids is 4. The van der Waals surface area contributed by atoms with Crippen LogP contribution in [0.1, 0.15) is 74.9 Å². The van der Waals surface area contributed by atoms with Crippen molar-refractivity contribution < 1.29 is 28.7 Å². The van der Waals surface area contributed by atoms with Crippen molar-refractivity contribution in [2.24, 2.45) is 5.92 Å². The summed E-state index contributed by atoms with van der Waals surface area (Å²) >= 11 is 3.54. The Labute approximate surface area is 384 Å². The van der Waals surface area contributed by atoms with Crippen molar-refractivity contribution in [3.63, 3.8) is 0 Å². The number of H-pyrrole nitrogens is 2. The van der Waals surface area contributed by atoms with Gasteiger partial charge in [-0.05, 0) is 71.6 Å². The Morgan fingerprint density at radius 3 is 1.58 bits per heavy atom. The first-order chi connectivity index (χ1) is 31.6. The summed E-state index contributed by atoms with van der Waals surface area (Å²) in [6.45, 7) is 4.98. The van der Waals surface area contributed by atoms with Crippen LogP contribution in [-0.4, -0.2) is 87.1 Å². The van der Waals surface area contributed by atoms with Crippen molar-refractivity contribution in [3.8, 4) is 43.4 Å². The first kappa shape index (κ1) is 43.5. The van der Waals surface area contributed by atoms with Crippen LogP contribution in [0.2, 0.25) is 0 Å². The summed E-state index contributed by atoms with van der Waals surface area (Å²) in [5.41, 5.74) is 6.70. The van der Waals surface area contributed by atoms with Crippen molar-refractivity contribution in [1.82, 2.24) is 40.4 Å². The minimum Gasteiger partial charge on any atom is -0.453 e. The molecule has 0 radical (unpaired) electrons. The maximum atomic E-state index is 13.9. The maximum absolute atomic E-state index is 13.9. The summed E-state index contributed by atoms with van der Waals surface area (Å²) in [6, 6.07) is 28.6. The molecule has 9 rings (SSSR count). The Morgan fingerprint density at radius 1 is 0.646 bits per heavy atom. The molecule has 7 aromatic rings. The molecule has 16 heteroatoms. The molecule has 0 spiro atoms. The molecule has 4 aromatic heterocycles. The van der Waals surface area contributed by atoms with E-state index in [-0.39, 0.29) is 29.8 Å². The van der Waals surface area contributed by atoms with Gasteiger partial charge in [0.25, 0.3) is 5.91 Å². The number of ether oxygens (including phenoxy) is 2. The lowest BCUT2D eigenvalue weighted by atomic mass is 10.0. The van der Waals surface area contributed by atoms with Crippen LogP contribution in [0.15, 0.2) is 103 Å². The van der Waals surface area contributed by atoms with Crippen molar-refractivity contribution >= 4 is 56.1 Å². The minimum atomic E-state index is -0.874. The molecule has 2 aliphatic rings. The van der Waals surface area contributed by atoms with E-state index in [1.165, 1.54) is 33.4 Å². The number of methoxy groups -OCH3 is 2. The Morgan fingerprint density at radius 2 is 1.11 bits per heavy atom. The molecule has 3 aromatic carbocycles. The summed E-state index contributed by atoms with van der Waals surface area (Å²) < 4.78 is 12.1. The second kappa shape index (κ2) is 18.7. The zero-order chi connectivity index (χ0) is 45.2. The molecule has 2 saturated heterocycles. The molecule has 6 heterocycles. The lowest BCUT2D eigenvalue weighted by molar-refractivity contribution is -0.135. The number of imidazole rings is 2. The average Bonchev–Trinajstić information content (AvgIpc) is 4.20. The largest absolute Gasteiger partial charge is 0.453 e. The zero-order valence-electron chi connectivity index (χ0n) is 36.5. The zero-order valence-corrected chi connectivity index (χ0v) is 38.1. The molecule has 4 amide bonds. The summed E-state index contributed by atoms with van der Waals surface area (Å²) in [6.07, 6.45) is 5.59. The van der Waals surface area contributed by atoms with Gasteiger partial charge in [0.15, 0.2) is 0 Å². The third-order valence-corrected chi connectivity index (χ3v) is 14.7.